The van der Waals surface area contributed by atoms with Crippen molar-refractivity contribution in [3.63, 3.8) is 0 Å². The van der Waals surface area contributed by atoms with E-state index >= 15 is 0 Å². The minimum Gasteiger partial charge on any atom is -0.396 e. The minimum atomic E-state index is -4.22. The van der Waals surface area contributed by atoms with E-state index in [1.165, 1.54) is 24.3 Å². The van der Waals surface area contributed by atoms with Crippen LogP contribution in [0.3, 0.4) is 0 Å². The smallest absolute Gasteiger partial charge is 0.289 e. The van der Waals surface area contributed by atoms with Crippen LogP contribution >= 0.6 is 0 Å². The highest BCUT2D eigenvalue weighted by Gasteiger charge is 2.31. The fraction of sp³-hybridized carbons (Fsp3) is 0.261. The molecule has 0 atom stereocenters. The van der Waals surface area contributed by atoms with Gasteiger partial charge in [0.25, 0.3) is 15.7 Å². The Morgan fingerprint density at radius 2 is 1.55 bits per heavy atom. The van der Waals surface area contributed by atoms with E-state index in [4.69, 9.17) is 0 Å². The van der Waals surface area contributed by atoms with Crippen LogP contribution in [0.25, 0.3) is 0 Å². The number of aromatic nitrogens is 1. The van der Waals surface area contributed by atoms with Crippen molar-refractivity contribution in [1.82, 2.24) is 9.29 Å². The first-order valence-electron chi connectivity index (χ1n) is 10.3. The zero-order valence-electron chi connectivity index (χ0n) is 17.8. The monoisotopic (exact) mass is 471 g/mol. The van der Waals surface area contributed by atoms with Gasteiger partial charge in [-0.05, 0) is 35.7 Å². The number of hydrogen-bond donors (Lipinski definition) is 2. The molecular formula is C23H25N3O6S. The van der Waals surface area contributed by atoms with E-state index < -0.39 is 20.6 Å². The lowest BCUT2D eigenvalue weighted by Gasteiger charge is -2.22. The number of benzene rings is 2. The standard InChI is InChI=1S/C23H25N3O6S/c27-16-20(17-28)13-18-8-10-19(11-9-18)14-25(15-21-5-3-4-12-24-21)33(31,32)23-7-2-1-6-22(23)26(29)30/h1-12,20,27-28H,13-17H2. The van der Waals surface area contributed by atoms with Crippen LogP contribution in [0.15, 0.2) is 77.8 Å². The zero-order valence-corrected chi connectivity index (χ0v) is 18.6. The normalized spacial score (nSPS) is 11.8. The number of sulfonamides is 1. The van der Waals surface area contributed by atoms with E-state index in [1.807, 2.05) is 12.1 Å². The summed E-state index contributed by atoms with van der Waals surface area (Å²) in [6, 6.07) is 17.6. The van der Waals surface area contributed by atoms with Gasteiger partial charge in [0.15, 0.2) is 4.90 Å². The van der Waals surface area contributed by atoms with Crippen LogP contribution in [-0.2, 0) is 29.5 Å². The molecule has 9 nitrogen and oxygen atoms in total. The molecule has 0 aliphatic heterocycles. The SMILES string of the molecule is O=[N+]([O-])c1ccccc1S(=O)(=O)N(Cc1ccc(CC(CO)CO)cc1)Cc1ccccn1. The first kappa shape index (κ1) is 24.5. The zero-order chi connectivity index (χ0) is 23.8. The lowest BCUT2D eigenvalue weighted by molar-refractivity contribution is -0.387. The van der Waals surface area contributed by atoms with Crippen molar-refractivity contribution < 1.29 is 23.6 Å². The average molecular weight is 472 g/mol. The molecule has 0 amide bonds. The molecule has 0 saturated heterocycles. The Bertz CT molecular complexity index is 1170. The molecular weight excluding hydrogens is 446 g/mol. The highest BCUT2D eigenvalue weighted by molar-refractivity contribution is 7.89. The predicted molar refractivity (Wildman–Crippen MR) is 122 cm³/mol. The Kier molecular flexibility index (Phi) is 8.23. The Morgan fingerprint density at radius 1 is 0.909 bits per heavy atom. The van der Waals surface area contributed by atoms with Gasteiger partial charge in [-0.2, -0.15) is 4.31 Å². The number of pyridine rings is 1. The van der Waals surface area contributed by atoms with Crippen LogP contribution in [-0.4, -0.2) is 46.1 Å². The molecule has 33 heavy (non-hydrogen) atoms. The van der Waals surface area contributed by atoms with Crippen LogP contribution in [0.4, 0.5) is 5.69 Å². The first-order valence-corrected chi connectivity index (χ1v) is 11.7. The van der Waals surface area contributed by atoms with Gasteiger partial charge in [-0.3, -0.25) is 15.1 Å². The van der Waals surface area contributed by atoms with E-state index in [0.29, 0.717) is 17.7 Å². The molecule has 2 aromatic carbocycles. The van der Waals surface area contributed by atoms with Crippen molar-refractivity contribution in [2.75, 3.05) is 13.2 Å². The molecule has 3 aromatic rings. The summed E-state index contributed by atoms with van der Waals surface area (Å²) in [5, 5.41) is 30.0. The summed E-state index contributed by atoms with van der Waals surface area (Å²) in [7, 11) is -4.22. The minimum absolute atomic E-state index is 0.0192. The van der Waals surface area contributed by atoms with Crippen molar-refractivity contribution >= 4 is 15.7 Å². The van der Waals surface area contributed by atoms with E-state index in [-0.39, 0.29) is 37.1 Å². The predicted octanol–water partition coefficient (Wildman–Crippen LogP) is 2.52. The van der Waals surface area contributed by atoms with Crippen LogP contribution in [0.2, 0.25) is 0 Å². The molecule has 1 heterocycles. The quantitative estimate of drug-likeness (QED) is 0.324. The van der Waals surface area contributed by atoms with E-state index in [9.17, 15) is 28.7 Å². The Labute approximate surface area is 192 Å². The maximum absolute atomic E-state index is 13.5. The number of nitro groups is 1. The van der Waals surface area contributed by atoms with E-state index in [1.54, 1.807) is 36.5 Å². The van der Waals surface area contributed by atoms with Crippen molar-refractivity contribution in [3.8, 4) is 0 Å². The molecule has 0 radical (unpaired) electrons. The number of hydrogen-bond acceptors (Lipinski definition) is 7. The highest BCUT2D eigenvalue weighted by atomic mass is 32.2. The third-order valence-corrected chi connectivity index (χ3v) is 7.01. The van der Waals surface area contributed by atoms with E-state index in [2.05, 4.69) is 4.98 Å². The molecule has 0 spiro atoms. The van der Waals surface area contributed by atoms with Gasteiger partial charge < -0.3 is 10.2 Å². The largest absolute Gasteiger partial charge is 0.396 e. The Hall–Kier alpha value is -3.18. The maximum atomic E-state index is 13.5. The Balaban J connectivity index is 1.93. The molecule has 0 aliphatic rings. The summed E-state index contributed by atoms with van der Waals surface area (Å²) in [6.07, 6.45) is 2.04. The van der Waals surface area contributed by atoms with Gasteiger partial charge in [0.1, 0.15) is 0 Å². The third-order valence-electron chi connectivity index (χ3n) is 5.17. The van der Waals surface area contributed by atoms with Crippen molar-refractivity contribution in [2.24, 2.45) is 5.92 Å². The summed E-state index contributed by atoms with van der Waals surface area (Å²) >= 11 is 0. The van der Waals surface area contributed by atoms with Crippen LogP contribution < -0.4 is 0 Å². The van der Waals surface area contributed by atoms with Gasteiger partial charge in [-0.25, -0.2) is 8.42 Å². The van der Waals surface area contributed by atoms with Gasteiger partial charge in [-0.15, -0.1) is 0 Å². The van der Waals surface area contributed by atoms with Gasteiger partial charge in [0.05, 0.1) is 17.2 Å². The lowest BCUT2D eigenvalue weighted by atomic mass is 10.00. The molecule has 0 fully saturated rings. The maximum Gasteiger partial charge on any atom is 0.289 e. The van der Waals surface area contributed by atoms with Gasteiger partial charge in [-0.1, -0.05) is 42.5 Å². The molecule has 0 bridgehead atoms. The summed E-state index contributed by atoms with van der Waals surface area (Å²) in [6.45, 7) is -0.350. The fourth-order valence-electron chi connectivity index (χ4n) is 3.37. The number of rotatable bonds is 11. The van der Waals surface area contributed by atoms with Crippen molar-refractivity contribution in [1.29, 1.82) is 0 Å². The third kappa shape index (κ3) is 6.20. The van der Waals surface area contributed by atoms with Gasteiger partial charge >= 0.3 is 0 Å². The van der Waals surface area contributed by atoms with Gasteiger partial charge in [0, 0.05) is 37.9 Å². The number of aliphatic hydroxyl groups is 2. The molecule has 1 aromatic heterocycles. The molecule has 174 valence electrons. The summed E-state index contributed by atoms with van der Waals surface area (Å²) in [5.41, 5.74) is 1.59. The van der Waals surface area contributed by atoms with Gasteiger partial charge in [0.2, 0.25) is 0 Å². The first-order chi connectivity index (χ1) is 15.8. The second-order valence-electron chi connectivity index (χ2n) is 7.57. The number of aliphatic hydroxyl groups excluding tert-OH is 2. The molecule has 0 unspecified atom stereocenters. The topological polar surface area (TPSA) is 134 Å². The lowest BCUT2D eigenvalue weighted by Crippen LogP contribution is -2.31. The second-order valence-corrected chi connectivity index (χ2v) is 9.48. The van der Waals surface area contributed by atoms with E-state index in [0.717, 1.165) is 9.87 Å². The molecule has 0 saturated carbocycles. The summed E-state index contributed by atoms with van der Waals surface area (Å²) in [4.78, 5) is 14.6. The summed E-state index contributed by atoms with van der Waals surface area (Å²) in [5.74, 6) is -0.268. The molecule has 10 heteroatoms. The molecule has 3 rings (SSSR count). The second kappa shape index (κ2) is 11.1. The number of para-hydroxylation sites is 1. The van der Waals surface area contributed by atoms with Crippen molar-refractivity contribution in [3.05, 3.63) is 99.9 Å². The van der Waals surface area contributed by atoms with Crippen LogP contribution in [0.5, 0.6) is 0 Å². The molecule has 0 aliphatic carbocycles. The number of nitro benzene ring substituents is 1. The fourth-order valence-corrected chi connectivity index (χ4v) is 4.92. The highest BCUT2D eigenvalue weighted by Crippen LogP contribution is 2.28. The number of nitrogens with zero attached hydrogens (tertiary/aromatic N) is 3. The van der Waals surface area contributed by atoms with Crippen molar-refractivity contribution in [2.45, 2.75) is 24.4 Å². The van der Waals surface area contributed by atoms with Crippen LogP contribution in [0, 0.1) is 16.0 Å². The Morgan fingerprint density at radius 3 is 2.15 bits per heavy atom. The summed E-state index contributed by atoms with van der Waals surface area (Å²) < 4.78 is 28.2. The van der Waals surface area contributed by atoms with Crippen LogP contribution in [0.1, 0.15) is 16.8 Å². The average Bonchev–Trinajstić information content (AvgIpc) is 2.83. The molecule has 2 N–H and O–H groups in total.